The molecular weight excluding hydrogens is 348 g/mol. The number of aromatic nitrogens is 4. The number of nitrogens with zero attached hydrogens (tertiary/aromatic N) is 4. The molecule has 0 aliphatic carbocycles. The third kappa shape index (κ3) is 3.32. The minimum absolute atomic E-state index is 0.0127. The SMILES string of the molecule is CNc1ncc(Br)cc1S(=O)(=O)NCc1ncn(C)n1. The van der Waals surface area contributed by atoms with Crippen molar-refractivity contribution in [3.8, 4) is 0 Å². The molecule has 0 aromatic carbocycles. The van der Waals surface area contributed by atoms with E-state index in [0.717, 1.165) is 0 Å². The fourth-order valence-electron chi connectivity index (χ4n) is 1.52. The first-order chi connectivity index (χ1) is 9.42. The molecule has 0 amide bonds. The summed E-state index contributed by atoms with van der Waals surface area (Å²) in [7, 11) is -0.391. The van der Waals surface area contributed by atoms with E-state index in [1.807, 2.05) is 0 Å². The first-order valence-corrected chi connectivity index (χ1v) is 7.87. The predicted octanol–water partition coefficient (Wildman–Crippen LogP) is 0.493. The monoisotopic (exact) mass is 360 g/mol. The van der Waals surface area contributed by atoms with E-state index < -0.39 is 10.0 Å². The highest BCUT2D eigenvalue weighted by Gasteiger charge is 2.20. The van der Waals surface area contributed by atoms with Crippen molar-refractivity contribution in [2.24, 2.45) is 7.05 Å². The van der Waals surface area contributed by atoms with Crippen LogP contribution >= 0.6 is 15.9 Å². The van der Waals surface area contributed by atoms with Crippen molar-refractivity contribution in [3.05, 3.63) is 28.9 Å². The van der Waals surface area contributed by atoms with Gasteiger partial charge in [-0.3, -0.25) is 4.68 Å². The summed E-state index contributed by atoms with van der Waals surface area (Å²) in [6, 6.07) is 1.48. The Balaban J connectivity index is 2.24. The van der Waals surface area contributed by atoms with Gasteiger partial charge in [0.25, 0.3) is 0 Å². The Hall–Kier alpha value is -1.52. The number of hydrogen-bond donors (Lipinski definition) is 2. The van der Waals surface area contributed by atoms with Crippen molar-refractivity contribution in [1.29, 1.82) is 0 Å². The van der Waals surface area contributed by atoms with E-state index in [4.69, 9.17) is 0 Å². The summed E-state index contributed by atoms with van der Waals surface area (Å²) in [6.07, 6.45) is 3.02. The van der Waals surface area contributed by atoms with Crippen molar-refractivity contribution >= 4 is 31.8 Å². The number of halogens is 1. The van der Waals surface area contributed by atoms with Gasteiger partial charge in [0.05, 0.1) is 6.54 Å². The maximum absolute atomic E-state index is 12.3. The van der Waals surface area contributed by atoms with E-state index in [1.54, 1.807) is 14.1 Å². The molecule has 0 unspecified atom stereocenters. The molecule has 0 radical (unpaired) electrons. The molecule has 0 saturated heterocycles. The molecule has 108 valence electrons. The van der Waals surface area contributed by atoms with Gasteiger partial charge in [0.2, 0.25) is 10.0 Å². The summed E-state index contributed by atoms with van der Waals surface area (Å²) >= 11 is 3.21. The summed E-state index contributed by atoms with van der Waals surface area (Å²) in [5, 5.41) is 6.75. The van der Waals surface area contributed by atoms with Crippen LogP contribution < -0.4 is 10.0 Å². The Morgan fingerprint density at radius 3 is 2.75 bits per heavy atom. The Bertz CT molecular complexity index is 714. The van der Waals surface area contributed by atoms with Gasteiger partial charge in [-0.05, 0) is 22.0 Å². The van der Waals surface area contributed by atoms with Crippen LogP contribution in [0.4, 0.5) is 5.82 Å². The highest BCUT2D eigenvalue weighted by molar-refractivity contribution is 9.10. The lowest BCUT2D eigenvalue weighted by atomic mass is 10.4. The van der Waals surface area contributed by atoms with Crippen LogP contribution in [0, 0.1) is 0 Å². The highest BCUT2D eigenvalue weighted by atomic mass is 79.9. The first-order valence-electron chi connectivity index (χ1n) is 5.60. The van der Waals surface area contributed by atoms with E-state index in [2.05, 4.69) is 41.0 Å². The number of pyridine rings is 1. The Morgan fingerprint density at radius 2 is 2.15 bits per heavy atom. The van der Waals surface area contributed by atoms with Crippen LogP contribution in [0.3, 0.4) is 0 Å². The van der Waals surface area contributed by atoms with E-state index in [9.17, 15) is 8.42 Å². The molecule has 2 heterocycles. The zero-order chi connectivity index (χ0) is 14.8. The molecule has 2 aromatic heterocycles. The molecular formula is C10H13BrN6O2S. The summed E-state index contributed by atoms with van der Waals surface area (Å²) in [5.41, 5.74) is 0. The molecule has 0 aliphatic heterocycles. The fraction of sp³-hybridized carbons (Fsp3) is 0.300. The topological polar surface area (TPSA) is 102 Å². The number of hydrogen-bond acceptors (Lipinski definition) is 6. The van der Waals surface area contributed by atoms with Gasteiger partial charge in [0.15, 0.2) is 5.82 Å². The Morgan fingerprint density at radius 1 is 1.40 bits per heavy atom. The lowest BCUT2D eigenvalue weighted by Crippen LogP contribution is -2.25. The van der Waals surface area contributed by atoms with Gasteiger partial charge in [0.1, 0.15) is 17.0 Å². The molecule has 2 aromatic rings. The molecule has 0 spiro atoms. The summed E-state index contributed by atoms with van der Waals surface area (Å²) in [5.74, 6) is 0.666. The van der Waals surface area contributed by atoms with Crippen LogP contribution in [0.1, 0.15) is 5.82 Å². The van der Waals surface area contributed by atoms with E-state index in [0.29, 0.717) is 10.3 Å². The second kappa shape index (κ2) is 5.85. The second-order valence-corrected chi connectivity index (χ2v) is 6.56. The van der Waals surface area contributed by atoms with E-state index >= 15 is 0 Å². The summed E-state index contributed by atoms with van der Waals surface area (Å²) in [6.45, 7) is 0.0127. The molecule has 8 nitrogen and oxygen atoms in total. The fourth-order valence-corrected chi connectivity index (χ4v) is 3.16. The van der Waals surface area contributed by atoms with Gasteiger partial charge >= 0.3 is 0 Å². The van der Waals surface area contributed by atoms with Crippen LogP contribution in [0.25, 0.3) is 0 Å². The average Bonchev–Trinajstić information content (AvgIpc) is 2.82. The quantitative estimate of drug-likeness (QED) is 0.804. The van der Waals surface area contributed by atoms with Gasteiger partial charge in [0, 0.05) is 24.8 Å². The van der Waals surface area contributed by atoms with Gasteiger partial charge in [-0.1, -0.05) is 0 Å². The van der Waals surface area contributed by atoms with Crippen molar-refractivity contribution in [2.45, 2.75) is 11.4 Å². The largest absolute Gasteiger partial charge is 0.372 e. The molecule has 0 fully saturated rings. The van der Waals surface area contributed by atoms with Crippen molar-refractivity contribution in [3.63, 3.8) is 0 Å². The standard InChI is InChI=1S/C10H13BrN6O2S/c1-12-10-8(3-7(11)4-13-10)20(18,19)15-5-9-14-6-17(2)16-9/h3-4,6,15H,5H2,1-2H3,(H,12,13). The maximum atomic E-state index is 12.3. The predicted molar refractivity (Wildman–Crippen MR) is 76.5 cm³/mol. The highest BCUT2D eigenvalue weighted by Crippen LogP contribution is 2.22. The number of rotatable bonds is 5. The average molecular weight is 361 g/mol. The van der Waals surface area contributed by atoms with Crippen LogP contribution in [-0.2, 0) is 23.6 Å². The minimum Gasteiger partial charge on any atom is -0.372 e. The van der Waals surface area contributed by atoms with Gasteiger partial charge < -0.3 is 5.32 Å². The molecule has 0 bridgehead atoms. The van der Waals surface area contributed by atoms with Crippen LogP contribution in [0.2, 0.25) is 0 Å². The third-order valence-corrected chi connectivity index (χ3v) is 4.26. The lowest BCUT2D eigenvalue weighted by Gasteiger charge is -2.09. The molecule has 0 saturated carbocycles. The smallest absolute Gasteiger partial charge is 0.244 e. The third-order valence-electron chi connectivity index (χ3n) is 2.41. The van der Waals surface area contributed by atoms with Crippen LogP contribution in [0.15, 0.2) is 28.0 Å². The zero-order valence-electron chi connectivity index (χ0n) is 10.8. The Kier molecular flexibility index (Phi) is 4.35. The first kappa shape index (κ1) is 14.9. The number of anilines is 1. The molecule has 2 N–H and O–H groups in total. The summed E-state index contributed by atoms with van der Waals surface area (Å²) < 4.78 is 29.1. The minimum atomic E-state index is -3.71. The summed E-state index contributed by atoms with van der Waals surface area (Å²) in [4.78, 5) is 8.03. The molecule has 0 atom stereocenters. The number of aryl methyl sites for hydroxylation is 1. The van der Waals surface area contributed by atoms with Crippen molar-refractivity contribution in [1.82, 2.24) is 24.5 Å². The van der Waals surface area contributed by atoms with Gasteiger partial charge in [-0.25, -0.2) is 23.1 Å². The van der Waals surface area contributed by atoms with Crippen LogP contribution in [-0.4, -0.2) is 35.2 Å². The molecule has 0 aliphatic rings. The Labute approximate surface area is 124 Å². The zero-order valence-corrected chi connectivity index (χ0v) is 13.2. The van der Waals surface area contributed by atoms with Crippen molar-refractivity contribution in [2.75, 3.05) is 12.4 Å². The second-order valence-electron chi connectivity index (χ2n) is 3.91. The van der Waals surface area contributed by atoms with Gasteiger partial charge in [-0.15, -0.1) is 0 Å². The van der Waals surface area contributed by atoms with E-state index in [-0.39, 0.29) is 17.3 Å². The number of sulfonamides is 1. The molecule has 10 heteroatoms. The van der Waals surface area contributed by atoms with E-state index in [1.165, 1.54) is 23.3 Å². The maximum Gasteiger partial charge on any atom is 0.244 e. The molecule has 20 heavy (non-hydrogen) atoms. The van der Waals surface area contributed by atoms with Crippen LogP contribution in [0.5, 0.6) is 0 Å². The number of nitrogens with one attached hydrogen (secondary N) is 2. The van der Waals surface area contributed by atoms with Gasteiger partial charge in [-0.2, -0.15) is 5.10 Å². The van der Waals surface area contributed by atoms with Crippen molar-refractivity contribution < 1.29 is 8.42 Å². The molecule has 2 rings (SSSR count). The lowest BCUT2D eigenvalue weighted by molar-refractivity contribution is 0.578. The normalized spacial score (nSPS) is 11.6.